The summed E-state index contributed by atoms with van der Waals surface area (Å²) in [5, 5.41) is 9.78. The molecule has 0 amide bonds. The van der Waals surface area contributed by atoms with Crippen molar-refractivity contribution in [3.63, 3.8) is 0 Å². The minimum absolute atomic E-state index is 0.0166. The molecule has 0 spiro atoms. The van der Waals surface area contributed by atoms with Crippen LogP contribution in [0.15, 0.2) is 36.4 Å². The molecule has 0 bridgehead atoms. The third-order valence-electron chi connectivity index (χ3n) is 2.73. The number of alkyl halides is 3. The number of halogens is 3. The van der Waals surface area contributed by atoms with Crippen molar-refractivity contribution in [3.05, 3.63) is 47.5 Å². The zero-order valence-corrected chi connectivity index (χ0v) is 9.20. The number of nitriles is 1. The molecule has 0 fully saturated rings. The number of hydrogen-bond acceptors (Lipinski definition) is 2. The van der Waals surface area contributed by atoms with Crippen LogP contribution in [0.5, 0.6) is 0 Å². The van der Waals surface area contributed by atoms with Gasteiger partial charge in [-0.05, 0) is 28.5 Å². The Morgan fingerprint density at radius 3 is 2.50 bits per heavy atom. The maximum Gasteiger partial charge on any atom is 0.407 e. The molecular weight excluding hydrogens is 241 g/mol. The van der Waals surface area contributed by atoms with Crippen LogP contribution in [0.2, 0.25) is 0 Å². The molecule has 2 nitrogen and oxygen atoms in total. The van der Waals surface area contributed by atoms with Crippen LogP contribution < -0.4 is 5.73 Å². The van der Waals surface area contributed by atoms with E-state index in [1.807, 2.05) is 6.07 Å². The topological polar surface area (TPSA) is 49.8 Å². The molecule has 0 aromatic heterocycles. The quantitative estimate of drug-likeness (QED) is 0.844. The number of nitrogens with zero attached hydrogens (tertiary/aromatic N) is 1. The van der Waals surface area contributed by atoms with Crippen molar-refractivity contribution in [3.8, 4) is 6.07 Å². The minimum Gasteiger partial charge on any atom is -0.316 e. The van der Waals surface area contributed by atoms with Gasteiger partial charge in [0.2, 0.25) is 0 Å². The molecule has 5 heteroatoms. The van der Waals surface area contributed by atoms with Crippen molar-refractivity contribution in [2.75, 3.05) is 0 Å². The first-order chi connectivity index (χ1) is 8.43. The Morgan fingerprint density at radius 2 is 1.89 bits per heavy atom. The summed E-state index contributed by atoms with van der Waals surface area (Å²) in [6, 6.07) is 9.00. The Bertz CT molecular complexity index is 626. The fourth-order valence-corrected chi connectivity index (χ4v) is 1.81. The van der Waals surface area contributed by atoms with E-state index in [1.54, 1.807) is 18.2 Å². The van der Waals surface area contributed by atoms with Crippen LogP contribution in [0.1, 0.15) is 17.2 Å². The van der Waals surface area contributed by atoms with Crippen LogP contribution in [0.3, 0.4) is 0 Å². The summed E-state index contributed by atoms with van der Waals surface area (Å²) in [6.45, 7) is 0. The molecule has 0 saturated carbocycles. The molecule has 18 heavy (non-hydrogen) atoms. The smallest absolute Gasteiger partial charge is 0.316 e. The van der Waals surface area contributed by atoms with Crippen molar-refractivity contribution in [2.45, 2.75) is 12.2 Å². The average molecular weight is 250 g/mol. The van der Waals surface area contributed by atoms with Gasteiger partial charge in [-0.1, -0.05) is 24.3 Å². The third-order valence-corrected chi connectivity index (χ3v) is 2.73. The van der Waals surface area contributed by atoms with Gasteiger partial charge in [-0.3, -0.25) is 0 Å². The summed E-state index contributed by atoms with van der Waals surface area (Å²) >= 11 is 0. The largest absolute Gasteiger partial charge is 0.407 e. The van der Waals surface area contributed by atoms with Crippen molar-refractivity contribution in [1.29, 1.82) is 5.26 Å². The van der Waals surface area contributed by atoms with Crippen LogP contribution in [0.4, 0.5) is 13.2 Å². The second-order valence-electron chi connectivity index (χ2n) is 3.91. The molecule has 92 valence electrons. The van der Waals surface area contributed by atoms with E-state index in [9.17, 15) is 13.2 Å². The van der Waals surface area contributed by atoms with E-state index in [1.165, 1.54) is 18.2 Å². The van der Waals surface area contributed by atoms with Gasteiger partial charge in [-0.25, -0.2) is 0 Å². The second-order valence-corrected chi connectivity index (χ2v) is 3.91. The van der Waals surface area contributed by atoms with Gasteiger partial charge in [0.05, 0.1) is 11.6 Å². The standard InChI is InChI=1S/C13H9F3N2/c14-13(15,16)12(18)10-3-1-2-9-5-4-8(7-17)6-11(9)10/h1-6,12H,18H2/t12-/m0/s1. The zero-order chi connectivity index (χ0) is 13.3. The summed E-state index contributed by atoms with van der Waals surface area (Å²) in [4.78, 5) is 0. The number of nitrogens with two attached hydrogens (primary N) is 1. The predicted octanol–water partition coefficient (Wildman–Crippen LogP) is 3.27. The van der Waals surface area contributed by atoms with Gasteiger partial charge in [0.15, 0.2) is 0 Å². The summed E-state index contributed by atoms with van der Waals surface area (Å²) in [5.41, 5.74) is 5.51. The lowest BCUT2D eigenvalue weighted by Crippen LogP contribution is -2.28. The highest BCUT2D eigenvalue weighted by Crippen LogP contribution is 2.34. The van der Waals surface area contributed by atoms with Crippen LogP contribution in [-0.2, 0) is 0 Å². The van der Waals surface area contributed by atoms with Gasteiger partial charge in [-0.2, -0.15) is 18.4 Å². The molecule has 0 aliphatic heterocycles. The van der Waals surface area contributed by atoms with Crippen LogP contribution in [0, 0.1) is 11.3 Å². The van der Waals surface area contributed by atoms with Gasteiger partial charge in [0, 0.05) is 0 Å². The minimum atomic E-state index is -4.50. The van der Waals surface area contributed by atoms with E-state index in [4.69, 9.17) is 11.0 Å². The zero-order valence-electron chi connectivity index (χ0n) is 9.20. The third kappa shape index (κ3) is 2.15. The summed E-state index contributed by atoms with van der Waals surface area (Å²) in [5.74, 6) is 0. The molecule has 0 saturated heterocycles. The first-order valence-corrected chi connectivity index (χ1v) is 5.18. The molecular formula is C13H9F3N2. The first-order valence-electron chi connectivity index (χ1n) is 5.18. The number of benzene rings is 2. The molecule has 0 heterocycles. The Morgan fingerprint density at radius 1 is 1.17 bits per heavy atom. The van der Waals surface area contributed by atoms with Crippen LogP contribution in [0.25, 0.3) is 10.8 Å². The fourth-order valence-electron chi connectivity index (χ4n) is 1.81. The Balaban J connectivity index is 2.68. The maximum absolute atomic E-state index is 12.7. The normalized spacial score (nSPS) is 13.3. The van der Waals surface area contributed by atoms with Crippen molar-refractivity contribution in [1.82, 2.24) is 0 Å². The van der Waals surface area contributed by atoms with Crippen LogP contribution in [-0.4, -0.2) is 6.18 Å². The van der Waals surface area contributed by atoms with Crippen LogP contribution >= 0.6 is 0 Å². The first kappa shape index (κ1) is 12.4. The monoisotopic (exact) mass is 250 g/mol. The molecule has 0 aliphatic carbocycles. The molecule has 1 atom stereocenters. The molecule has 0 unspecified atom stereocenters. The molecule has 0 aliphatic rings. The second kappa shape index (κ2) is 4.31. The lowest BCUT2D eigenvalue weighted by atomic mass is 9.97. The molecule has 2 aromatic carbocycles. The SMILES string of the molecule is N#Cc1ccc2cccc([C@H](N)C(F)(F)F)c2c1. The molecule has 2 rings (SSSR count). The van der Waals surface area contributed by atoms with E-state index < -0.39 is 12.2 Å². The Labute approximate surface area is 101 Å². The van der Waals surface area contributed by atoms with Crippen molar-refractivity contribution < 1.29 is 13.2 Å². The lowest BCUT2D eigenvalue weighted by molar-refractivity contribution is -0.148. The number of fused-ring (bicyclic) bond motifs is 1. The highest BCUT2D eigenvalue weighted by Gasteiger charge is 2.38. The van der Waals surface area contributed by atoms with Crippen molar-refractivity contribution in [2.24, 2.45) is 5.73 Å². The highest BCUT2D eigenvalue weighted by atomic mass is 19.4. The van der Waals surface area contributed by atoms with E-state index in [0.29, 0.717) is 16.3 Å². The maximum atomic E-state index is 12.7. The van der Waals surface area contributed by atoms with Gasteiger partial charge in [-0.15, -0.1) is 0 Å². The highest BCUT2D eigenvalue weighted by molar-refractivity contribution is 5.87. The fraction of sp³-hybridized carbons (Fsp3) is 0.154. The van der Waals surface area contributed by atoms with Gasteiger partial charge in [0.25, 0.3) is 0 Å². The van der Waals surface area contributed by atoms with E-state index in [-0.39, 0.29) is 5.56 Å². The molecule has 0 radical (unpaired) electrons. The van der Waals surface area contributed by atoms with Crippen molar-refractivity contribution >= 4 is 10.8 Å². The average Bonchev–Trinajstić information content (AvgIpc) is 2.35. The van der Waals surface area contributed by atoms with Gasteiger partial charge < -0.3 is 5.73 Å². The summed E-state index contributed by atoms with van der Waals surface area (Å²) < 4.78 is 38.0. The number of hydrogen-bond donors (Lipinski definition) is 1. The number of rotatable bonds is 1. The predicted molar refractivity (Wildman–Crippen MR) is 61.6 cm³/mol. The molecule has 2 aromatic rings. The van der Waals surface area contributed by atoms with Gasteiger partial charge >= 0.3 is 6.18 Å². The summed E-state index contributed by atoms with van der Waals surface area (Å²) in [7, 11) is 0. The molecule has 2 N–H and O–H groups in total. The Kier molecular flexibility index (Phi) is 2.97. The van der Waals surface area contributed by atoms with E-state index >= 15 is 0 Å². The van der Waals surface area contributed by atoms with E-state index in [2.05, 4.69) is 0 Å². The lowest BCUT2D eigenvalue weighted by Gasteiger charge is -2.17. The summed E-state index contributed by atoms with van der Waals surface area (Å²) in [6.07, 6.45) is -4.50. The Hall–Kier alpha value is -2.06. The van der Waals surface area contributed by atoms with Gasteiger partial charge in [0.1, 0.15) is 6.04 Å². The van der Waals surface area contributed by atoms with E-state index in [0.717, 1.165) is 0 Å².